The summed E-state index contributed by atoms with van der Waals surface area (Å²) >= 11 is 1.25. The highest BCUT2D eigenvalue weighted by Gasteiger charge is 2.21. The predicted octanol–water partition coefficient (Wildman–Crippen LogP) is 3.59. The van der Waals surface area contributed by atoms with E-state index in [-0.39, 0.29) is 24.2 Å². The standard InChI is InChI=1S/C23H23FN2O4S/c1-29-14-17-20-18(24)3-2-4-19(20)31-21(17)22(27)25-13-15-5-7-16(8-6-15)23(28)26-9-11-30-12-10-26/h2-8H,9-14H2,1H3,(H,25,27). The summed E-state index contributed by atoms with van der Waals surface area (Å²) in [6, 6.07) is 12.0. The highest BCUT2D eigenvalue weighted by atomic mass is 32.1. The van der Waals surface area contributed by atoms with Gasteiger partial charge in [-0.1, -0.05) is 18.2 Å². The number of nitrogens with zero attached hydrogens (tertiary/aromatic N) is 1. The van der Waals surface area contributed by atoms with Crippen LogP contribution < -0.4 is 5.32 Å². The van der Waals surface area contributed by atoms with Crippen LogP contribution in [0.5, 0.6) is 0 Å². The van der Waals surface area contributed by atoms with Crippen LogP contribution >= 0.6 is 11.3 Å². The molecule has 8 heteroatoms. The van der Waals surface area contributed by atoms with Gasteiger partial charge in [-0.3, -0.25) is 9.59 Å². The number of carbonyl (C=O) groups excluding carboxylic acids is 2. The zero-order valence-electron chi connectivity index (χ0n) is 17.2. The fourth-order valence-corrected chi connectivity index (χ4v) is 4.75. The van der Waals surface area contributed by atoms with E-state index in [1.165, 1.54) is 24.5 Å². The second kappa shape index (κ2) is 9.55. The quantitative estimate of drug-likeness (QED) is 0.634. The molecule has 1 N–H and O–H groups in total. The third-order valence-electron chi connectivity index (χ3n) is 5.21. The molecular weight excluding hydrogens is 419 g/mol. The van der Waals surface area contributed by atoms with Gasteiger partial charge in [0.05, 0.1) is 24.7 Å². The predicted molar refractivity (Wildman–Crippen MR) is 117 cm³/mol. The number of halogens is 1. The van der Waals surface area contributed by atoms with Crippen LogP contribution in [-0.4, -0.2) is 50.1 Å². The van der Waals surface area contributed by atoms with Crippen LogP contribution in [-0.2, 0) is 22.6 Å². The van der Waals surface area contributed by atoms with Crippen molar-refractivity contribution in [1.29, 1.82) is 0 Å². The molecule has 162 valence electrons. The van der Waals surface area contributed by atoms with Crippen molar-refractivity contribution in [3.8, 4) is 0 Å². The molecule has 1 saturated heterocycles. The first kappa shape index (κ1) is 21.4. The van der Waals surface area contributed by atoms with E-state index in [4.69, 9.17) is 9.47 Å². The maximum absolute atomic E-state index is 14.3. The second-order valence-corrected chi connectivity index (χ2v) is 8.29. The molecule has 0 spiro atoms. The van der Waals surface area contributed by atoms with Crippen molar-refractivity contribution >= 4 is 33.2 Å². The lowest BCUT2D eigenvalue weighted by molar-refractivity contribution is 0.0303. The third kappa shape index (κ3) is 4.61. The minimum atomic E-state index is -0.361. The van der Waals surface area contributed by atoms with Crippen LogP contribution in [0.25, 0.3) is 10.1 Å². The summed E-state index contributed by atoms with van der Waals surface area (Å²) in [5, 5.41) is 3.32. The van der Waals surface area contributed by atoms with E-state index in [9.17, 15) is 14.0 Å². The van der Waals surface area contributed by atoms with E-state index in [2.05, 4.69) is 5.32 Å². The Hall–Kier alpha value is -2.81. The highest BCUT2D eigenvalue weighted by molar-refractivity contribution is 7.21. The molecule has 0 aliphatic carbocycles. The van der Waals surface area contributed by atoms with E-state index >= 15 is 0 Å². The summed E-state index contributed by atoms with van der Waals surface area (Å²) < 4.78 is 25.5. The van der Waals surface area contributed by atoms with Gasteiger partial charge >= 0.3 is 0 Å². The fourth-order valence-electron chi connectivity index (χ4n) is 3.61. The maximum atomic E-state index is 14.3. The molecule has 2 heterocycles. The van der Waals surface area contributed by atoms with Gasteiger partial charge < -0.3 is 19.7 Å². The minimum absolute atomic E-state index is 0.0182. The Labute approximate surface area is 183 Å². The fraction of sp³-hybridized carbons (Fsp3) is 0.304. The van der Waals surface area contributed by atoms with Gasteiger partial charge in [-0.15, -0.1) is 11.3 Å². The van der Waals surface area contributed by atoms with E-state index in [1.807, 2.05) is 12.1 Å². The minimum Gasteiger partial charge on any atom is -0.380 e. The van der Waals surface area contributed by atoms with E-state index in [0.29, 0.717) is 58.9 Å². The lowest BCUT2D eigenvalue weighted by Gasteiger charge is -2.26. The number of methoxy groups -OCH3 is 1. The van der Waals surface area contributed by atoms with Gasteiger partial charge in [0, 0.05) is 48.0 Å². The summed E-state index contributed by atoms with van der Waals surface area (Å²) in [7, 11) is 1.52. The number of benzene rings is 2. The van der Waals surface area contributed by atoms with Gasteiger partial charge in [0.25, 0.3) is 11.8 Å². The maximum Gasteiger partial charge on any atom is 0.262 e. The summed E-state index contributed by atoms with van der Waals surface area (Å²) in [5.41, 5.74) is 2.04. The van der Waals surface area contributed by atoms with E-state index in [0.717, 1.165) is 5.56 Å². The number of nitrogens with one attached hydrogen (secondary N) is 1. The lowest BCUT2D eigenvalue weighted by atomic mass is 10.1. The molecule has 0 atom stereocenters. The Balaban J connectivity index is 1.45. The molecule has 31 heavy (non-hydrogen) atoms. The monoisotopic (exact) mass is 442 g/mol. The molecule has 0 saturated carbocycles. The second-order valence-electron chi connectivity index (χ2n) is 7.24. The van der Waals surface area contributed by atoms with Gasteiger partial charge in [0.15, 0.2) is 0 Å². The number of rotatable bonds is 6. The van der Waals surface area contributed by atoms with Crippen molar-refractivity contribution in [2.24, 2.45) is 0 Å². The van der Waals surface area contributed by atoms with Gasteiger partial charge in [-0.2, -0.15) is 0 Å². The Bertz CT molecular complexity index is 1090. The van der Waals surface area contributed by atoms with Crippen LogP contribution in [0.4, 0.5) is 4.39 Å². The van der Waals surface area contributed by atoms with Gasteiger partial charge in [0.1, 0.15) is 5.82 Å². The Morgan fingerprint density at radius 2 is 1.90 bits per heavy atom. The van der Waals surface area contributed by atoms with Crippen LogP contribution in [0.2, 0.25) is 0 Å². The Morgan fingerprint density at radius 1 is 1.16 bits per heavy atom. The normalized spacial score (nSPS) is 14.1. The number of carbonyl (C=O) groups is 2. The molecule has 3 aromatic rings. The number of hydrogen-bond donors (Lipinski definition) is 1. The third-order valence-corrected chi connectivity index (χ3v) is 6.41. The molecule has 2 amide bonds. The Morgan fingerprint density at radius 3 is 2.61 bits per heavy atom. The number of fused-ring (bicyclic) bond motifs is 1. The summed E-state index contributed by atoms with van der Waals surface area (Å²) in [6.45, 7) is 2.76. The average Bonchev–Trinajstić information content (AvgIpc) is 3.18. The van der Waals surface area contributed by atoms with Crippen molar-refractivity contribution in [3.05, 3.63) is 69.8 Å². The number of morpholine rings is 1. The molecule has 1 aliphatic heterocycles. The van der Waals surface area contributed by atoms with E-state index < -0.39 is 0 Å². The molecule has 6 nitrogen and oxygen atoms in total. The molecule has 0 radical (unpaired) electrons. The van der Waals surface area contributed by atoms with Crippen molar-refractivity contribution < 1.29 is 23.5 Å². The van der Waals surface area contributed by atoms with Crippen molar-refractivity contribution in [1.82, 2.24) is 10.2 Å². The van der Waals surface area contributed by atoms with Gasteiger partial charge in [0.2, 0.25) is 0 Å². The zero-order chi connectivity index (χ0) is 21.8. The number of thiophene rings is 1. The molecule has 0 bridgehead atoms. The first-order valence-corrected chi connectivity index (χ1v) is 10.8. The van der Waals surface area contributed by atoms with Gasteiger partial charge in [-0.05, 0) is 29.8 Å². The first-order chi connectivity index (χ1) is 15.1. The lowest BCUT2D eigenvalue weighted by Crippen LogP contribution is -2.40. The van der Waals surface area contributed by atoms with Gasteiger partial charge in [-0.25, -0.2) is 4.39 Å². The average molecular weight is 443 g/mol. The molecule has 4 rings (SSSR count). The summed E-state index contributed by atoms with van der Waals surface area (Å²) in [6.07, 6.45) is 0. The van der Waals surface area contributed by atoms with E-state index in [1.54, 1.807) is 29.2 Å². The molecule has 2 aromatic carbocycles. The van der Waals surface area contributed by atoms with Crippen molar-refractivity contribution in [3.63, 3.8) is 0 Å². The summed E-state index contributed by atoms with van der Waals surface area (Å²) in [4.78, 5) is 27.6. The van der Waals surface area contributed by atoms with Crippen LogP contribution in [0.3, 0.4) is 0 Å². The largest absolute Gasteiger partial charge is 0.380 e. The molecule has 1 aromatic heterocycles. The topological polar surface area (TPSA) is 67.9 Å². The molecule has 1 aliphatic rings. The summed E-state index contributed by atoms with van der Waals surface area (Å²) in [5.74, 6) is -0.656. The SMILES string of the molecule is COCc1c(C(=O)NCc2ccc(C(=O)N3CCOCC3)cc2)sc2cccc(F)c12. The van der Waals surface area contributed by atoms with Crippen LogP contribution in [0, 0.1) is 5.82 Å². The van der Waals surface area contributed by atoms with Crippen molar-refractivity contribution in [2.45, 2.75) is 13.2 Å². The highest BCUT2D eigenvalue weighted by Crippen LogP contribution is 2.33. The van der Waals surface area contributed by atoms with Crippen molar-refractivity contribution in [2.75, 3.05) is 33.4 Å². The van der Waals surface area contributed by atoms with Crippen LogP contribution in [0.15, 0.2) is 42.5 Å². The smallest absolute Gasteiger partial charge is 0.262 e. The molecular formula is C23H23FN2O4S. The zero-order valence-corrected chi connectivity index (χ0v) is 18.0. The molecule has 0 unspecified atom stereocenters. The number of ether oxygens (including phenoxy) is 2. The molecule has 1 fully saturated rings. The Kier molecular flexibility index (Phi) is 6.60. The number of amides is 2. The van der Waals surface area contributed by atoms with Crippen LogP contribution in [0.1, 0.15) is 31.2 Å². The first-order valence-electron chi connectivity index (χ1n) is 10.0. The number of hydrogen-bond acceptors (Lipinski definition) is 5.